The molecule has 3 N–H and O–H groups in total. The zero-order valence-electron chi connectivity index (χ0n) is 7.61. The predicted octanol–water partition coefficient (Wildman–Crippen LogP) is -0.319. The summed E-state index contributed by atoms with van der Waals surface area (Å²) in [7, 11) is -4.64. The molecule has 9 heteroatoms. The maximum absolute atomic E-state index is 10.8. The molecule has 0 aliphatic carbocycles. The molecule has 0 fully saturated rings. The van der Waals surface area contributed by atoms with Gasteiger partial charge in [-0.05, 0) is 18.2 Å². The second-order valence-corrected chi connectivity index (χ2v) is 4.25. The molecule has 0 spiro atoms. The van der Waals surface area contributed by atoms with E-state index in [9.17, 15) is 18.0 Å². The molecular formula is C8H7LiO7S. The molecule has 0 aliphatic heterocycles. The Labute approximate surface area is 108 Å². The molecule has 1 rings (SSSR count). The van der Waals surface area contributed by atoms with Crippen molar-refractivity contribution >= 4 is 40.9 Å². The van der Waals surface area contributed by atoms with E-state index in [1.165, 1.54) is 0 Å². The van der Waals surface area contributed by atoms with Gasteiger partial charge in [-0.15, -0.1) is 0 Å². The molecule has 0 saturated carbocycles. The minimum absolute atomic E-state index is 0. The Morgan fingerprint density at radius 1 is 0.941 bits per heavy atom. The molecular weight excluding hydrogens is 247 g/mol. The molecule has 0 saturated heterocycles. The Bertz CT molecular complexity index is 531. The number of carboxylic acid groups (broad SMARTS) is 2. The van der Waals surface area contributed by atoms with Gasteiger partial charge in [-0.25, -0.2) is 9.59 Å². The summed E-state index contributed by atoms with van der Waals surface area (Å²) in [6.07, 6.45) is 0. The van der Waals surface area contributed by atoms with Crippen LogP contribution in [0.1, 0.15) is 20.7 Å². The molecule has 1 aromatic rings. The molecule has 0 radical (unpaired) electrons. The standard InChI is InChI=1S/C8H6O7S.Li.H/c9-7(10)4-1-5(8(11)12)3-6(2-4)16(13,14)15;;/h1-3H,(H,9,10)(H,11,12)(H,13,14,15);;. The fourth-order valence-corrected chi connectivity index (χ4v) is 1.55. The van der Waals surface area contributed by atoms with Crippen LogP contribution in [0.3, 0.4) is 0 Å². The Morgan fingerprint density at radius 3 is 1.53 bits per heavy atom. The molecule has 0 unspecified atom stereocenters. The Morgan fingerprint density at radius 2 is 1.29 bits per heavy atom. The van der Waals surface area contributed by atoms with Crippen molar-refractivity contribution in [1.82, 2.24) is 0 Å². The van der Waals surface area contributed by atoms with Crippen molar-refractivity contribution in [1.29, 1.82) is 0 Å². The third-order valence-electron chi connectivity index (χ3n) is 1.70. The van der Waals surface area contributed by atoms with Crippen LogP contribution in [-0.4, -0.2) is 54.0 Å². The van der Waals surface area contributed by atoms with Crippen molar-refractivity contribution in [2.75, 3.05) is 0 Å². The van der Waals surface area contributed by atoms with E-state index < -0.39 is 38.1 Å². The summed E-state index contributed by atoms with van der Waals surface area (Å²) in [5.74, 6) is -2.99. The number of hydrogen-bond acceptors (Lipinski definition) is 4. The molecule has 88 valence electrons. The van der Waals surface area contributed by atoms with E-state index in [1.807, 2.05) is 0 Å². The summed E-state index contributed by atoms with van der Waals surface area (Å²) in [4.78, 5) is 20.4. The average Bonchev–Trinajstić information content (AvgIpc) is 2.15. The number of aromatic carboxylic acids is 2. The first-order valence-electron chi connectivity index (χ1n) is 3.81. The van der Waals surface area contributed by atoms with E-state index in [1.54, 1.807) is 0 Å². The molecule has 0 aliphatic rings. The van der Waals surface area contributed by atoms with Crippen LogP contribution in [0.15, 0.2) is 23.1 Å². The zero-order chi connectivity index (χ0) is 12.5. The first-order valence-corrected chi connectivity index (χ1v) is 5.25. The van der Waals surface area contributed by atoms with E-state index in [4.69, 9.17) is 14.8 Å². The van der Waals surface area contributed by atoms with E-state index in [-0.39, 0.29) is 18.9 Å². The van der Waals surface area contributed by atoms with Crippen LogP contribution < -0.4 is 0 Å². The molecule has 17 heavy (non-hydrogen) atoms. The van der Waals surface area contributed by atoms with Crippen LogP contribution in [-0.2, 0) is 10.1 Å². The van der Waals surface area contributed by atoms with E-state index >= 15 is 0 Å². The van der Waals surface area contributed by atoms with Crippen molar-refractivity contribution in [2.45, 2.75) is 4.90 Å². The van der Waals surface area contributed by atoms with Crippen LogP contribution in [0.25, 0.3) is 0 Å². The van der Waals surface area contributed by atoms with Gasteiger partial charge in [0.1, 0.15) is 0 Å². The summed E-state index contributed by atoms with van der Waals surface area (Å²) < 4.78 is 30.2. The Hall–Kier alpha value is -1.33. The number of carboxylic acids is 2. The van der Waals surface area contributed by atoms with Crippen molar-refractivity contribution in [3.63, 3.8) is 0 Å². The van der Waals surface area contributed by atoms with E-state index in [0.717, 1.165) is 6.07 Å². The zero-order valence-corrected chi connectivity index (χ0v) is 8.43. The topological polar surface area (TPSA) is 129 Å². The molecule has 0 aromatic heterocycles. The first kappa shape index (κ1) is 15.7. The Balaban J connectivity index is 0.00000256. The first-order chi connectivity index (χ1) is 7.21. The SMILES string of the molecule is O=C(O)c1cc(C(=O)O)cc(S(=O)(=O)O)c1.[LiH]. The van der Waals surface area contributed by atoms with Gasteiger partial charge in [0.25, 0.3) is 10.1 Å². The molecule has 1 aromatic carbocycles. The number of benzene rings is 1. The number of carbonyl (C=O) groups is 2. The van der Waals surface area contributed by atoms with E-state index in [2.05, 4.69) is 0 Å². The van der Waals surface area contributed by atoms with Gasteiger partial charge in [-0.1, -0.05) is 0 Å². The van der Waals surface area contributed by atoms with Crippen LogP contribution in [0.4, 0.5) is 0 Å². The summed E-state index contributed by atoms with van der Waals surface area (Å²) in [6.45, 7) is 0. The van der Waals surface area contributed by atoms with Gasteiger partial charge >= 0.3 is 30.8 Å². The second kappa shape index (κ2) is 5.33. The van der Waals surface area contributed by atoms with Gasteiger partial charge in [-0.2, -0.15) is 8.42 Å². The molecule has 0 amide bonds. The predicted molar refractivity (Wildman–Crippen MR) is 57.3 cm³/mol. The fraction of sp³-hybridized carbons (Fsp3) is 0. The van der Waals surface area contributed by atoms with Gasteiger partial charge in [0, 0.05) is 0 Å². The quantitative estimate of drug-likeness (QED) is 0.498. The normalized spacial score (nSPS) is 10.4. The molecule has 0 bridgehead atoms. The second-order valence-electron chi connectivity index (χ2n) is 2.83. The summed E-state index contributed by atoms with van der Waals surface area (Å²) in [5.41, 5.74) is -1.07. The summed E-state index contributed by atoms with van der Waals surface area (Å²) in [5, 5.41) is 17.2. The molecule has 0 atom stereocenters. The number of hydrogen-bond donors (Lipinski definition) is 3. The van der Waals surface area contributed by atoms with Gasteiger partial charge in [0.15, 0.2) is 0 Å². The maximum atomic E-state index is 10.8. The Kier molecular flexibility index (Phi) is 4.91. The summed E-state index contributed by atoms with van der Waals surface area (Å²) in [6, 6.07) is 2.13. The number of rotatable bonds is 3. The summed E-state index contributed by atoms with van der Waals surface area (Å²) >= 11 is 0. The van der Waals surface area contributed by atoms with Crippen LogP contribution >= 0.6 is 0 Å². The van der Waals surface area contributed by atoms with Gasteiger partial charge < -0.3 is 10.2 Å². The van der Waals surface area contributed by atoms with Gasteiger partial charge in [0.05, 0.1) is 16.0 Å². The minimum atomic E-state index is -4.64. The van der Waals surface area contributed by atoms with Gasteiger partial charge in [-0.3, -0.25) is 4.55 Å². The van der Waals surface area contributed by atoms with Crippen LogP contribution in [0.5, 0.6) is 0 Å². The van der Waals surface area contributed by atoms with Crippen LogP contribution in [0.2, 0.25) is 0 Å². The van der Waals surface area contributed by atoms with Crippen molar-refractivity contribution in [3.05, 3.63) is 29.3 Å². The van der Waals surface area contributed by atoms with Crippen LogP contribution in [0, 0.1) is 0 Å². The third kappa shape index (κ3) is 3.87. The third-order valence-corrected chi connectivity index (χ3v) is 2.53. The molecule has 0 heterocycles. The average molecular weight is 254 g/mol. The van der Waals surface area contributed by atoms with Crippen molar-refractivity contribution < 1.29 is 32.8 Å². The van der Waals surface area contributed by atoms with Crippen molar-refractivity contribution in [2.24, 2.45) is 0 Å². The van der Waals surface area contributed by atoms with E-state index in [0.29, 0.717) is 12.1 Å². The molecule has 7 nitrogen and oxygen atoms in total. The fourth-order valence-electron chi connectivity index (χ4n) is 0.995. The van der Waals surface area contributed by atoms with Gasteiger partial charge in [0.2, 0.25) is 0 Å². The monoisotopic (exact) mass is 254 g/mol. The van der Waals surface area contributed by atoms with Crippen molar-refractivity contribution in [3.8, 4) is 0 Å².